The van der Waals surface area contributed by atoms with E-state index in [4.69, 9.17) is 9.47 Å². The Morgan fingerprint density at radius 2 is 2.09 bits per heavy atom. The van der Waals surface area contributed by atoms with E-state index >= 15 is 0 Å². The van der Waals surface area contributed by atoms with Crippen molar-refractivity contribution in [2.45, 2.75) is 6.61 Å². The molecule has 0 aliphatic rings. The quantitative estimate of drug-likeness (QED) is 0.668. The summed E-state index contributed by atoms with van der Waals surface area (Å²) in [5.74, 6) is 0.773. The summed E-state index contributed by atoms with van der Waals surface area (Å²) in [5, 5.41) is 5.08. The number of hydrogen-bond donors (Lipinski definition) is 0. The lowest BCUT2D eigenvalue weighted by atomic mass is 10.2. The number of nitrogens with zero attached hydrogens (tertiary/aromatic N) is 4. The molecule has 0 radical (unpaired) electrons. The van der Waals surface area contributed by atoms with Crippen LogP contribution in [-0.2, 0) is 13.7 Å². The molecule has 7 heteroatoms. The molecule has 0 N–H and O–H groups in total. The van der Waals surface area contributed by atoms with Crippen LogP contribution in [0, 0.1) is 0 Å². The third kappa shape index (κ3) is 2.60. The summed E-state index contributed by atoms with van der Waals surface area (Å²) in [6, 6.07) is 3.48. The maximum absolute atomic E-state index is 11.1. The summed E-state index contributed by atoms with van der Waals surface area (Å²) >= 11 is 0. The van der Waals surface area contributed by atoms with Crippen molar-refractivity contribution in [3.8, 4) is 11.6 Å². The molecule has 7 nitrogen and oxygen atoms in total. The molecule has 22 heavy (non-hydrogen) atoms. The van der Waals surface area contributed by atoms with E-state index in [9.17, 15) is 4.79 Å². The Hall–Kier alpha value is -2.96. The van der Waals surface area contributed by atoms with Crippen LogP contribution in [0.15, 0.2) is 30.7 Å². The second-order valence-corrected chi connectivity index (χ2v) is 4.70. The average Bonchev–Trinajstić information content (AvgIpc) is 2.93. The van der Waals surface area contributed by atoms with Gasteiger partial charge in [-0.05, 0) is 6.07 Å². The highest BCUT2D eigenvalue weighted by Gasteiger charge is 2.08. The maximum atomic E-state index is 11.1. The van der Waals surface area contributed by atoms with Gasteiger partial charge in [-0.2, -0.15) is 5.10 Å². The molecule has 3 heterocycles. The van der Waals surface area contributed by atoms with Crippen molar-refractivity contribution in [2.75, 3.05) is 7.11 Å². The zero-order valence-corrected chi connectivity index (χ0v) is 12.2. The standard InChI is InChI=1S/C15H14N4O3/c1-19-15-11(6-18-19)3-10(5-17-15)9-22-13-7-16-14(21-2)4-12(13)8-20/h3-8H,9H2,1-2H3. The largest absolute Gasteiger partial charge is 0.486 e. The third-order valence-corrected chi connectivity index (χ3v) is 3.23. The minimum Gasteiger partial charge on any atom is -0.486 e. The monoisotopic (exact) mass is 298 g/mol. The average molecular weight is 298 g/mol. The predicted molar refractivity (Wildman–Crippen MR) is 79.0 cm³/mol. The van der Waals surface area contributed by atoms with Gasteiger partial charge in [0.05, 0.1) is 25.1 Å². The molecule has 3 rings (SSSR count). The lowest BCUT2D eigenvalue weighted by molar-refractivity contribution is 0.111. The summed E-state index contributed by atoms with van der Waals surface area (Å²) in [6.07, 6.45) is 5.65. The summed E-state index contributed by atoms with van der Waals surface area (Å²) in [4.78, 5) is 19.5. The number of pyridine rings is 2. The number of aldehydes is 1. The smallest absolute Gasteiger partial charge is 0.213 e. The highest BCUT2D eigenvalue weighted by atomic mass is 16.5. The number of hydrogen-bond acceptors (Lipinski definition) is 6. The molecular weight excluding hydrogens is 284 g/mol. The van der Waals surface area contributed by atoms with Crippen molar-refractivity contribution < 1.29 is 14.3 Å². The van der Waals surface area contributed by atoms with Gasteiger partial charge in [0, 0.05) is 30.3 Å². The van der Waals surface area contributed by atoms with Crippen molar-refractivity contribution in [1.29, 1.82) is 0 Å². The fourth-order valence-electron chi connectivity index (χ4n) is 2.09. The van der Waals surface area contributed by atoms with Gasteiger partial charge in [-0.3, -0.25) is 9.48 Å². The molecule has 0 atom stereocenters. The van der Waals surface area contributed by atoms with E-state index in [1.165, 1.54) is 19.4 Å². The molecule has 0 aromatic carbocycles. The van der Waals surface area contributed by atoms with Gasteiger partial charge in [0.2, 0.25) is 5.88 Å². The minimum atomic E-state index is 0.284. The van der Waals surface area contributed by atoms with Crippen LogP contribution in [0.2, 0.25) is 0 Å². The van der Waals surface area contributed by atoms with Gasteiger partial charge in [0.1, 0.15) is 12.4 Å². The first kappa shape index (κ1) is 14.0. The number of carbonyl (C=O) groups is 1. The van der Waals surface area contributed by atoms with E-state index in [1.807, 2.05) is 13.1 Å². The normalized spacial score (nSPS) is 10.6. The van der Waals surface area contributed by atoms with Crippen molar-refractivity contribution in [2.24, 2.45) is 7.05 Å². The van der Waals surface area contributed by atoms with Gasteiger partial charge >= 0.3 is 0 Å². The Bertz CT molecular complexity index is 829. The number of rotatable bonds is 5. The van der Waals surface area contributed by atoms with Gasteiger partial charge in [-0.25, -0.2) is 9.97 Å². The Morgan fingerprint density at radius 1 is 1.23 bits per heavy atom. The molecule has 112 valence electrons. The number of aromatic nitrogens is 4. The summed E-state index contributed by atoms with van der Waals surface area (Å²) in [7, 11) is 3.33. The van der Waals surface area contributed by atoms with E-state index in [2.05, 4.69) is 15.1 Å². The van der Waals surface area contributed by atoms with Crippen LogP contribution in [0.5, 0.6) is 11.6 Å². The van der Waals surface area contributed by atoms with E-state index in [0.717, 1.165) is 16.6 Å². The van der Waals surface area contributed by atoms with Gasteiger partial charge in [-0.15, -0.1) is 0 Å². The molecule has 0 saturated heterocycles. The van der Waals surface area contributed by atoms with E-state index < -0.39 is 0 Å². The van der Waals surface area contributed by atoms with E-state index in [-0.39, 0.29) is 6.61 Å². The van der Waals surface area contributed by atoms with Crippen LogP contribution < -0.4 is 9.47 Å². The van der Waals surface area contributed by atoms with Crippen LogP contribution in [0.3, 0.4) is 0 Å². The highest BCUT2D eigenvalue weighted by Crippen LogP contribution is 2.21. The molecule has 3 aromatic rings. The van der Waals surface area contributed by atoms with Gasteiger partial charge in [0.25, 0.3) is 0 Å². The minimum absolute atomic E-state index is 0.284. The third-order valence-electron chi connectivity index (χ3n) is 3.23. The van der Waals surface area contributed by atoms with Crippen molar-refractivity contribution >= 4 is 17.3 Å². The predicted octanol–water partition coefficient (Wildman–Crippen LogP) is 1.76. The first-order valence-electron chi connectivity index (χ1n) is 6.60. The molecule has 0 saturated carbocycles. The van der Waals surface area contributed by atoms with Crippen molar-refractivity contribution in [3.05, 3.63) is 41.9 Å². The molecule has 0 fully saturated rings. The second-order valence-electron chi connectivity index (χ2n) is 4.70. The zero-order chi connectivity index (χ0) is 15.5. The van der Waals surface area contributed by atoms with Gasteiger partial charge < -0.3 is 9.47 Å². The summed E-state index contributed by atoms with van der Waals surface area (Å²) < 4.78 is 12.3. The van der Waals surface area contributed by atoms with Gasteiger partial charge in [0.15, 0.2) is 11.9 Å². The highest BCUT2D eigenvalue weighted by molar-refractivity contribution is 5.79. The Morgan fingerprint density at radius 3 is 2.86 bits per heavy atom. The molecule has 0 aliphatic heterocycles. The van der Waals surface area contributed by atoms with Crippen LogP contribution in [0.1, 0.15) is 15.9 Å². The Balaban J connectivity index is 1.80. The molecular formula is C15H14N4O3. The first-order chi connectivity index (χ1) is 10.7. The zero-order valence-electron chi connectivity index (χ0n) is 12.2. The fourth-order valence-corrected chi connectivity index (χ4v) is 2.09. The lowest BCUT2D eigenvalue weighted by Gasteiger charge is -2.09. The molecule has 0 unspecified atom stereocenters. The van der Waals surface area contributed by atoms with Crippen molar-refractivity contribution in [1.82, 2.24) is 19.7 Å². The Kier molecular flexibility index (Phi) is 3.69. The number of carbonyl (C=O) groups excluding carboxylic acids is 1. The molecule has 0 bridgehead atoms. The van der Waals surface area contributed by atoms with Crippen LogP contribution in [0.4, 0.5) is 0 Å². The summed E-state index contributed by atoms with van der Waals surface area (Å²) in [5.41, 5.74) is 2.08. The number of fused-ring (bicyclic) bond motifs is 1. The number of ether oxygens (including phenoxy) is 2. The van der Waals surface area contributed by atoms with Crippen LogP contribution in [-0.4, -0.2) is 33.1 Å². The number of methoxy groups -OCH3 is 1. The summed E-state index contributed by atoms with van der Waals surface area (Å²) in [6.45, 7) is 0.284. The molecule has 0 spiro atoms. The number of aryl methyl sites for hydroxylation is 1. The van der Waals surface area contributed by atoms with Crippen LogP contribution >= 0.6 is 0 Å². The fraction of sp³-hybridized carbons (Fsp3) is 0.200. The van der Waals surface area contributed by atoms with E-state index in [1.54, 1.807) is 17.1 Å². The van der Waals surface area contributed by atoms with E-state index in [0.29, 0.717) is 23.5 Å². The lowest BCUT2D eigenvalue weighted by Crippen LogP contribution is -2.01. The Labute approximate surface area is 126 Å². The SMILES string of the molecule is COc1cc(C=O)c(OCc2cnc3c(cnn3C)c2)cn1. The second kappa shape index (κ2) is 5.80. The van der Waals surface area contributed by atoms with Crippen LogP contribution in [0.25, 0.3) is 11.0 Å². The maximum Gasteiger partial charge on any atom is 0.213 e. The first-order valence-corrected chi connectivity index (χ1v) is 6.60. The molecule has 0 aliphatic carbocycles. The van der Waals surface area contributed by atoms with Crippen molar-refractivity contribution in [3.63, 3.8) is 0 Å². The topological polar surface area (TPSA) is 79.1 Å². The van der Waals surface area contributed by atoms with Gasteiger partial charge in [-0.1, -0.05) is 0 Å². The molecule has 3 aromatic heterocycles. The molecule has 0 amide bonds.